The van der Waals surface area contributed by atoms with Crippen molar-refractivity contribution in [2.75, 3.05) is 0 Å². The van der Waals surface area contributed by atoms with Crippen LogP contribution in [0.5, 0.6) is 0 Å². The van der Waals surface area contributed by atoms with Crippen LogP contribution in [0, 0.1) is 0 Å². The quantitative estimate of drug-likeness (QED) is 0.832. The molecule has 2 rings (SSSR count). The van der Waals surface area contributed by atoms with Crippen molar-refractivity contribution < 1.29 is 0 Å². The van der Waals surface area contributed by atoms with Gasteiger partial charge in [-0.2, -0.15) is 4.37 Å². The summed E-state index contributed by atoms with van der Waals surface area (Å²) >= 11 is 2.79. The lowest BCUT2D eigenvalue weighted by Gasteiger charge is -1.98. The first-order valence-electron chi connectivity index (χ1n) is 4.84. The van der Waals surface area contributed by atoms with Crippen LogP contribution in [0.1, 0.15) is 18.4 Å². The van der Waals surface area contributed by atoms with E-state index in [2.05, 4.69) is 19.3 Å². The summed E-state index contributed by atoms with van der Waals surface area (Å²) in [5.74, 6) is 0.863. The van der Waals surface area contributed by atoms with E-state index in [1.807, 2.05) is 13.0 Å². The van der Waals surface area contributed by atoms with Gasteiger partial charge in [-0.3, -0.25) is 0 Å². The highest BCUT2D eigenvalue weighted by molar-refractivity contribution is 8.00. The average Bonchev–Trinajstić information content (AvgIpc) is 2.77. The summed E-state index contributed by atoms with van der Waals surface area (Å²) in [6.45, 7) is 2.45. The molecule has 0 fully saturated rings. The zero-order valence-corrected chi connectivity index (χ0v) is 10.4. The second kappa shape index (κ2) is 5.33. The van der Waals surface area contributed by atoms with Crippen molar-refractivity contribution in [3.05, 3.63) is 23.8 Å². The lowest BCUT2D eigenvalue weighted by molar-refractivity contribution is 0.873. The lowest BCUT2D eigenvalue weighted by Crippen LogP contribution is -2.00. The van der Waals surface area contributed by atoms with Crippen molar-refractivity contribution in [3.63, 3.8) is 0 Å². The van der Waals surface area contributed by atoms with Crippen LogP contribution >= 0.6 is 23.3 Å². The fraction of sp³-hybridized carbons (Fsp3) is 0.333. The predicted octanol–water partition coefficient (Wildman–Crippen LogP) is 1.50. The van der Waals surface area contributed by atoms with E-state index in [9.17, 15) is 0 Å². The molecule has 2 aromatic heterocycles. The minimum absolute atomic E-state index is 0.423. The number of nitrogens with two attached hydrogens (primary N) is 1. The maximum absolute atomic E-state index is 5.51. The van der Waals surface area contributed by atoms with Gasteiger partial charge in [0.1, 0.15) is 5.82 Å². The number of rotatable bonds is 4. The first-order valence-corrected chi connectivity index (χ1v) is 6.43. The third-order valence-corrected chi connectivity index (χ3v) is 3.51. The van der Waals surface area contributed by atoms with Crippen LogP contribution in [0.2, 0.25) is 0 Å². The Morgan fingerprint density at radius 1 is 1.44 bits per heavy atom. The second-order valence-electron chi connectivity index (χ2n) is 2.97. The predicted molar refractivity (Wildman–Crippen MR) is 63.3 cm³/mol. The molecule has 16 heavy (non-hydrogen) atoms. The fourth-order valence-electron chi connectivity index (χ4n) is 1.04. The Labute approximate surface area is 102 Å². The highest BCUT2D eigenvalue weighted by atomic mass is 32.2. The Morgan fingerprint density at radius 3 is 3.00 bits per heavy atom. The average molecular weight is 253 g/mol. The largest absolute Gasteiger partial charge is 0.325 e. The third kappa shape index (κ3) is 2.75. The van der Waals surface area contributed by atoms with E-state index in [0.717, 1.165) is 22.3 Å². The highest BCUT2D eigenvalue weighted by Crippen LogP contribution is 2.25. The standard InChI is InChI=1S/C9H11N5S2/c1-2-7-13-9(16-14-7)15-8-11-4-3-6(5-10)12-8/h3-4H,2,5,10H2,1H3. The number of hydrogen-bond acceptors (Lipinski definition) is 7. The summed E-state index contributed by atoms with van der Waals surface area (Å²) in [7, 11) is 0. The molecule has 0 radical (unpaired) electrons. The molecule has 0 spiro atoms. The van der Waals surface area contributed by atoms with Crippen molar-refractivity contribution >= 4 is 23.3 Å². The Balaban J connectivity index is 2.13. The van der Waals surface area contributed by atoms with Crippen molar-refractivity contribution in [3.8, 4) is 0 Å². The molecule has 0 saturated heterocycles. The summed E-state index contributed by atoms with van der Waals surface area (Å²) in [5, 5.41) is 0.668. The van der Waals surface area contributed by atoms with Crippen LogP contribution in [0.25, 0.3) is 0 Å². The summed E-state index contributed by atoms with van der Waals surface area (Å²) in [6, 6.07) is 1.81. The van der Waals surface area contributed by atoms with Gasteiger partial charge >= 0.3 is 0 Å². The van der Waals surface area contributed by atoms with E-state index < -0.39 is 0 Å². The number of aryl methyl sites for hydroxylation is 1. The van der Waals surface area contributed by atoms with Gasteiger partial charge in [0.2, 0.25) is 0 Å². The first-order chi connectivity index (χ1) is 7.81. The number of nitrogens with zero attached hydrogens (tertiary/aromatic N) is 4. The smallest absolute Gasteiger partial charge is 0.195 e. The Morgan fingerprint density at radius 2 is 2.31 bits per heavy atom. The van der Waals surface area contributed by atoms with Crippen LogP contribution in [0.3, 0.4) is 0 Å². The molecule has 2 aromatic rings. The van der Waals surface area contributed by atoms with Crippen LogP contribution in [0.15, 0.2) is 21.8 Å². The van der Waals surface area contributed by atoms with Gasteiger partial charge < -0.3 is 5.73 Å². The molecule has 0 aromatic carbocycles. The molecular weight excluding hydrogens is 242 g/mol. The third-order valence-electron chi connectivity index (χ3n) is 1.84. The van der Waals surface area contributed by atoms with Gasteiger partial charge in [-0.05, 0) is 29.4 Å². The summed E-state index contributed by atoms with van der Waals surface area (Å²) in [4.78, 5) is 12.8. The molecule has 2 N–H and O–H groups in total. The van der Waals surface area contributed by atoms with Gasteiger partial charge in [0.15, 0.2) is 9.50 Å². The minimum atomic E-state index is 0.423. The van der Waals surface area contributed by atoms with Crippen LogP contribution < -0.4 is 5.73 Å². The summed E-state index contributed by atoms with van der Waals surface area (Å²) < 4.78 is 5.07. The topological polar surface area (TPSA) is 77.6 Å². The molecule has 0 unspecified atom stereocenters. The van der Waals surface area contributed by atoms with Gasteiger partial charge in [-0.1, -0.05) is 6.92 Å². The fourth-order valence-corrected chi connectivity index (χ4v) is 2.61. The molecule has 0 aliphatic rings. The molecule has 0 aliphatic heterocycles. The number of hydrogen-bond donors (Lipinski definition) is 1. The molecule has 0 atom stereocenters. The Kier molecular flexibility index (Phi) is 3.81. The first kappa shape index (κ1) is 11.4. The summed E-state index contributed by atoms with van der Waals surface area (Å²) in [5.41, 5.74) is 6.34. The minimum Gasteiger partial charge on any atom is -0.325 e. The van der Waals surface area contributed by atoms with Gasteiger partial charge in [-0.25, -0.2) is 15.0 Å². The maximum atomic E-state index is 5.51. The van der Waals surface area contributed by atoms with Crippen LogP contribution in [-0.2, 0) is 13.0 Å². The van der Waals surface area contributed by atoms with Crippen LogP contribution in [0.4, 0.5) is 0 Å². The SMILES string of the molecule is CCc1nsc(Sc2nccc(CN)n2)n1. The van der Waals surface area contributed by atoms with Gasteiger partial charge in [0.05, 0.1) is 5.69 Å². The molecule has 2 heterocycles. The van der Waals surface area contributed by atoms with Crippen molar-refractivity contribution in [1.82, 2.24) is 19.3 Å². The van der Waals surface area contributed by atoms with E-state index in [1.54, 1.807) is 6.20 Å². The molecule has 0 saturated carbocycles. The monoisotopic (exact) mass is 253 g/mol. The zero-order chi connectivity index (χ0) is 11.4. The molecule has 0 aliphatic carbocycles. The Hall–Kier alpha value is -1.05. The van der Waals surface area contributed by atoms with Gasteiger partial charge in [0, 0.05) is 19.2 Å². The lowest BCUT2D eigenvalue weighted by atomic mass is 10.4. The Bertz CT molecular complexity index is 470. The zero-order valence-electron chi connectivity index (χ0n) is 8.75. The van der Waals surface area contributed by atoms with E-state index in [0.29, 0.717) is 11.7 Å². The second-order valence-corrected chi connectivity index (χ2v) is 4.93. The van der Waals surface area contributed by atoms with Crippen molar-refractivity contribution in [2.24, 2.45) is 5.73 Å². The highest BCUT2D eigenvalue weighted by Gasteiger charge is 2.06. The number of aromatic nitrogens is 4. The molecule has 0 amide bonds. The summed E-state index contributed by atoms with van der Waals surface area (Å²) in [6.07, 6.45) is 2.56. The van der Waals surface area contributed by atoms with Crippen LogP contribution in [-0.4, -0.2) is 19.3 Å². The van der Waals surface area contributed by atoms with E-state index in [4.69, 9.17) is 5.73 Å². The molecule has 84 valence electrons. The van der Waals surface area contributed by atoms with E-state index in [1.165, 1.54) is 23.3 Å². The molecule has 7 heteroatoms. The molecule has 0 bridgehead atoms. The van der Waals surface area contributed by atoms with Crippen molar-refractivity contribution in [2.45, 2.75) is 29.4 Å². The van der Waals surface area contributed by atoms with Crippen molar-refractivity contribution in [1.29, 1.82) is 0 Å². The molecular formula is C9H11N5S2. The van der Waals surface area contributed by atoms with E-state index >= 15 is 0 Å². The van der Waals surface area contributed by atoms with E-state index in [-0.39, 0.29) is 0 Å². The maximum Gasteiger partial charge on any atom is 0.195 e. The molecule has 5 nitrogen and oxygen atoms in total. The van der Waals surface area contributed by atoms with Gasteiger partial charge in [-0.15, -0.1) is 0 Å². The van der Waals surface area contributed by atoms with Gasteiger partial charge in [0.25, 0.3) is 0 Å². The normalized spacial score (nSPS) is 10.6.